The molecule has 1 N–H and O–H groups in total. The van der Waals surface area contributed by atoms with Crippen molar-refractivity contribution in [2.45, 2.75) is 50.7 Å². The number of carbonyl (C=O) groups is 2. The second-order valence-corrected chi connectivity index (χ2v) is 8.60. The molecule has 3 atom stereocenters. The van der Waals surface area contributed by atoms with Crippen LogP contribution >= 0.6 is 0 Å². The summed E-state index contributed by atoms with van der Waals surface area (Å²) in [6, 6.07) is 14.8. The van der Waals surface area contributed by atoms with Gasteiger partial charge in [0.1, 0.15) is 19.3 Å². The maximum atomic E-state index is 13.4. The van der Waals surface area contributed by atoms with Crippen LogP contribution in [0, 0.1) is 5.92 Å². The molecule has 0 aromatic heterocycles. The number of carbonyl (C=O) groups excluding carboxylic acids is 2. The van der Waals surface area contributed by atoms with Crippen LogP contribution in [0.1, 0.15) is 48.0 Å². The van der Waals surface area contributed by atoms with Crippen molar-refractivity contribution in [3.05, 3.63) is 59.7 Å². The van der Waals surface area contributed by atoms with Gasteiger partial charge in [0, 0.05) is 23.7 Å². The molecule has 0 spiro atoms. The molecule has 6 heteroatoms. The topological polar surface area (TPSA) is 67.9 Å². The zero-order valence-electron chi connectivity index (χ0n) is 17.6. The van der Waals surface area contributed by atoms with Crippen molar-refractivity contribution >= 4 is 11.8 Å². The van der Waals surface area contributed by atoms with Crippen molar-refractivity contribution in [1.82, 2.24) is 10.2 Å². The number of fused-ring (bicyclic) bond motifs is 2. The van der Waals surface area contributed by atoms with E-state index in [9.17, 15) is 9.59 Å². The zero-order valence-corrected chi connectivity index (χ0v) is 17.6. The summed E-state index contributed by atoms with van der Waals surface area (Å²) in [4.78, 5) is 28.6. The summed E-state index contributed by atoms with van der Waals surface area (Å²) in [6.45, 7) is 1.39. The first-order valence-electron chi connectivity index (χ1n) is 11.3. The molecule has 6 nitrogen and oxygen atoms in total. The van der Waals surface area contributed by atoms with Crippen molar-refractivity contribution in [2.75, 3.05) is 13.2 Å². The summed E-state index contributed by atoms with van der Waals surface area (Å²) in [7, 11) is 0. The number of hydrogen-bond donors (Lipinski definition) is 1. The molecule has 2 amide bonds. The fraction of sp³-hybridized carbons (Fsp3) is 0.440. The normalized spacial score (nSPS) is 24.4. The molecule has 0 bridgehead atoms. The minimum Gasteiger partial charge on any atom is -0.486 e. The van der Waals surface area contributed by atoms with Gasteiger partial charge >= 0.3 is 0 Å². The van der Waals surface area contributed by atoms with Crippen molar-refractivity contribution in [1.29, 1.82) is 0 Å². The van der Waals surface area contributed by atoms with E-state index in [0.717, 1.165) is 31.2 Å². The lowest BCUT2D eigenvalue weighted by molar-refractivity contribution is -0.125. The second-order valence-electron chi connectivity index (χ2n) is 8.60. The van der Waals surface area contributed by atoms with Gasteiger partial charge < -0.3 is 19.7 Å². The molecule has 1 aliphatic carbocycles. The van der Waals surface area contributed by atoms with Gasteiger partial charge in [0.15, 0.2) is 11.5 Å². The Kier molecular flexibility index (Phi) is 5.53. The quantitative estimate of drug-likeness (QED) is 0.822. The maximum absolute atomic E-state index is 13.4. The Morgan fingerprint density at radius 2 is 1.77 bits per heavy atom. The van der Waals surface area contributed by atoms with Crippen LogP contribution in [0.2, 0.25) is 0 Å². The molecule has 162 valence electrons. The third-order valence-electron chi connectivity index (χ3n) is 6.75. The monoisotopic (exact) mass is 420 g/mol. The maximum Gasteiger partial charge on any atom is 0.254 e. The lowest BCUT2D eigenvalue weighted by Crippen LogP contribution is -2.49. The van der Waals surface area contributed by atoms with Crippen molar-refractivity contribution in [2.24, 2.45) is 5.92 Å². The first-order valence-corrected chi connectivity index (χ1v) is 11.3. The third kappa shape index (κ3) is 3.87. The number of nitrogens with zero attached hydrogens (tertiary/aromatic N) is 1. The Hall–Kier alpha value is -3.02. The van der Waals surface area contributed by atoms with E-state index >= 15 is 0 Å². The molecule has 2 heterocycles. The number of nitrogens with one attached hydrogen (secondary N) is 1. The number of likely N-dealkylation sites (tertiary alicyclic amines) is 1. The molecule has 5 rings (SSSR count). The van der Waals surface area contributed by atoms with Crippen LogP contribution in [0.15, 0.2) is 48.5 Å². The van der Waals surface area contributed by atoms with E-state index in [1.165, 1.54) is 6.42 Å². The molecule has 3 aliphatic rings. The molecule has 1 saturated heterocycles. The SMILES string of the molecule is O=C(NCc1cccc2c1OCCO2)C1CC2CCCCC2N1C(=O)c1ccccc1. The van der Waals surface area contributed by atoms with Crippen LogP contribution in [0.25, 0.3) is 0 Å². The molecule has 31 heavy (non-hydrogen) atoms. The zero-order chi connectivity index (χ0) is 21.2. The van der Waals surface area contributed by atoms with Crippen LogP contribution < -0.4 is 14.8 Å². The van der Waals surface area contributed by atoms with Gasteiger partial charge in [0.25, 0.3) is 5.91 Å². The van der Waals surface area contributed by atoms with E-state index < -0.39 is 6.04 Å². The summed E-state index contributed by atoms with van der Waals surface area (Å²) < 4.78 is 11.4. The first kappa shape index (κ1) is 19.9. The van der Waals surface area contributed by atoms with Crippen molar-refractivity contribution in [3.63, 3.8) is 0 Å². The first-order chi connectivity index (χ1) is 15.2. The molecule has 0 radical (unpaired) electrons. The number of benzene rings is 2. The van der Waals surface area contributed by atoms with Crippen LogP contribution in [0.5, 0.6) is 11.5 Å². The summed E-state index contributed by atoms with van der Waals surface area (Å²) in [5, 5.41) is 3.07. The Morgan fingerprint density at radius 3 is 2.65 bits per heavy atom. The third-order valence-corrected chi connectivity index (χ3v) is 6.75. The Morgan fingerprint density at radius 1 is 0.968 bits per heavy atom. The fourth-order valence-electron chi connectivity index (χ4n) is 5.29. The summed E-state index contributed by atoms with van der Waals surface area (Å²) in [5.41, 5.74) is 1.54. The molecule has 3 unspecified atom stereocenters. The lowest BCUT2D eigenvalue weighted by Gasteiger charge is -2.33. The molecular formula is C25H28N2O4. The number of para-hydroxylation sites is 1. The van der Waals surface area contributed by atoms with Gasteiger partial charge in [0.05, 0.1) is 0 Å². The highest BCUT2D eigenvalue weighted by molar-refractivity contribution is 5.98. The summed E-state index contributed by atoms with van der Waals surface area (Å²) in [5.74, 6) is 1.69. The molecule has 2 fully saturated rings. The Bertz CT molecular complexity index is 961. The van der Waals surface area contributed by atoms with Gasteiger partial charge in [-0.1, -0.05) is 43.2 Å². The molecular weight excluding hydrogens is 392 g/mol. The Balaban J connectivity index is 1.35. The summed E-state index contributed by atoms with van der Waals surface area (Å²) in [6.07, 6.45) is 5.09. The number of amides is 2. The lowest BCUT2D eigenvalue weighted by atomic mass is 9.84. The van der Waals surface area contributed by atoms with Gasteiger partial charge in [-0.05, 0) is 43.4 Å². The number of hydrogen-bond acceptors (Lipinski definition) is 4. The average molecular weight is 421 g/mol. The highest BCUT2D eigenvalue weighted by Crippen LogP contribution is 2.41. The van der Waals surface area contributed by atoms with Crippen molar-refractivity contribution in [3.8, 4) is 11.5 Å². The summed E-state index contributed by atoms with van der Waals surface area (Å²) >= 11 is 0. The number of rotatable bonds is 4. The van der Waals surface area contributed by atoms with Gasteiger partial charge in [-0.2, -0.15) is 0 Å². The predicted octanol–water partition coefficient (Wildman–Crippen LogP) is 3.55. The highest BCUT2D eigenvalue weighted by atomic mass is 16.6. The van der Waals surface area contributed by atoms with Crippen LogP contribution in [0.4, 0.5) is 0 Å². The van der Waals surface area contributed by atoms with Gasteiger partial charge in [-0.25, -0.2) is 0 Å². The molecule has 1 saturated carbocycles. The highest BCUT2D eigenvalue weighted by Gasteiger charge is 2.47. The molecule has 2 aromatic rings. The van der Waals surface area contributed by atoms with Crippen molar-refractivity contribution < 1.29 is 19.1 Å². The van der Waals surface area contributed by atoms with E-state index in [1.807, 2.05) is 53.4 Å². The molecule has 2 aromatic carbocycles. The van der Waals surface area contributed by atoms with Gasteiger partial charge in [0.2, 0.25) is 5.91 Å². The van der Waals surface area contributed by atoms with E-state index in [2.05, 4.69) is 5.32 Å². The molecule has 2 aliphatic heterocycles. The minimum atomic E-state index is -0.433. The Labute approximate surface area is 182 Å². The van der Waals surface area contributed by atoms with E-state index in [4.69, 9.17) is 9.47 Å². The predicted molar refractivity (Wildman–Crippen MR) is 116 cm³/mol. The fourth-order valence-corrected chi connectivity index (χ4v) is 5.29. The average Bonchev–Trinajstić information content (AvgIpc) is 3.22. The van der Waals surface area contributed by atoms with Gasteiger partial charge in [-0.3, -0.25) is 9.59 Å². The second kappa shape index (κ2) is 8.61. The minimum absolute atomic E-state index is 0.0380. The van der Waals surface area contributed by atoms with Crippen LogP contribution in [-0.4, -0.2) is 42.0 Å². The van der Waals surface area contributed by atoms with Crippen LogP contribution in [-0.2, 0) is 11.3 Å². The van der Waals surface area contributed by atoms with E-state index in [1.54, 1.807) is 0 Å². The number of ether oxygens (including phenoxy) is 2. The van der Waals surface area contributed by atoms with Crippen LogP contribution in [0.3, 0.4) is 0 Å². The van der Waals surface area contributed by atoms with E-state index in [-0.39, 0.29) is 17.9 Å². The standard InChI is InChI=1S/C25H28N2O4/c28-24(26-16-19-10-6-12-22-23(19)31-14-13-30-22)21-15-18-9-4-5-11-20(18)27(21)25(29)17-7-2-1-3-8-17/h1-3,6-8,10,12,18,20-21H,4-5,9,11,13-16H2,(H,26,28). The van der Waals surface area contributed by atoms with Gasteiger partial charge in [-0.15, -0.1) is 0 Å². The van der Waals surface area contributed by atoms with E-state index in [0.29, 0.717) is 42.7 Å². The largest absolute Gasteiger partial charge is 0.486 e. The smallest absolute Gasteiger partial charge is 0.254 e.